The van der Waals surface area contributed by atoms with Gasteiger partial charge in [0, 0.05) is 12.2 Å². The Kier molecular flexibility index (Phi) is 3.71. The van der Waals surface area contributed by atoms with Crippen LogP contribution in [0.4, 0.5) is 5.69 Å². The molecule has 0 heterocycles. The van der Waals surface area contributed by atoms with Gasteiger partial charge in [-0.1, -0.05) is 23.7 Å². The first kappa shape index (κ1) is 12.3. The van der Waals surface area contributed by atoms with Gasteiger partial charge in [0.05, 0.1) is 16.7 Å². The van der Waals surface area contributed by atoms with Crippen molar-refractivity contribution in [3.05, 3.63) is 58.6 Å². The van der Waals surface area contributed by atoms with E-state index < -0.39 is 0 Å². The lowest BCUT2D eigenvalue weighted by molar-refractivity contribution is 0.475. The number of halogens is 1. The van der Waals surface area contributed by atoms with E-state index in [9.17, 15) is 5.11 Å². The van der Waals surface area contributed by atoms with Crippen LogP contribution in [0.2, 0.25) is 5.02 Å². The van der Waals surface area contributed by atoms with Crippen LogP contribution < -0.4 is 5.32 Å². The first-order valence-electron chi connectivity index (χ1n) is 5.40. The smallest absolute Gasteiger partial charge is 0.134 e. The maximum atomic E-state index is 9.30. The van der Waals surface area contributed by atoms with Crippen molar-refractivity contribution in [1.82, 2.24) is 0 Å². The molecule has 2 rings (SSSR count). The van der Waals surface area contributed by atoms with E-state index in [-0.39, 0.29) is 5.75 Å². The molecule has 0 aromatic heterocycles. The summed E-state index contributed by atoms with van der Waals surface area (Å²) in [6, 6.07) is 14.4. The van der Waals surface area contributed by atoms with Gasteiger partial charge in [-0.3, -0.25) is 0 Å². The summed E-state index contributed by atoms with van der Waals surface area (Å²) in [5.41, 5.74) is 2.47. The minimum absolute atomic E-state index is 0.0636. The molecule has 4 heteroatoms. The number of hydrogen-bond donors (Lipinski definition) is 2. The van der Waals surface area contributed by atoms with Gasteiger partial charge in [-0.2, -0.15) is 5.26 Å². The number of nitriles is 1. The van der Waals surface area contributed by atoms with E-state index in [2.05, 4.69) is 11.4 Å². The van der Waals surface area contributed by atoms with E-state index in [0.717, 1.165) is 11.3 Å². The van der Waals surface area contributed by atoms with Crippen molar-refractivity contribution in [2.45, 2.75) is 6.54 Å². The summed E-state index contributed by atoms with van der Waals surface area (Å²) >= 11 is 5.81. The molecule has 0 aliphatic rings. The van der Waals surface area contributed by atoms with Crippen molar-refractivity contribution in [1.29, 1.82) is 5.26 Å². The summed E-state index contributed by atoms with van der Waals surface area (Å²) in [6.45, 7) is 0.594. The topological polar surface area (TPSA) is 56.0 Å². The Bertz CT molecular complexity index is 605. The number of benzene rings is 2. The Morgan fingerprint density at radius 3 is 2.78 bits per heavy atom. The van der Waals surface area contributed by atoms with Crippen molar-refractivity contribution >= 4 is 17.3 Å². The zero-order valence-electron chi connectivity index (χ0n) is 9.52. The first-order valence-corrected chi connectivity index (χ1v) is 5.78. The van der Waals surface area contributed by atoms with Crippen molar-refractivity contribution in [2.24, 2.45) is 0 Å². The molecule has 0 fully saturated rings. The highest BCUT2D eigenvalue weighted by Crippen LogP contribution is 2.26. The van der Waals surface area contributed by atoms with Crippen molar-refractivity contribution in [2.75, 3.05) is 5.32 Å². The molecule has 0 unspecified atom stereocenters. The number of nitrogens with zero attached hydrogens (tertiary/aromatic N) is 1. The van der Waals surface area contributed by atoms with Crippen molar-refractivity contribution < 1.29 is 5.11 Å². The van der Waals surface area contributed by atoms with Gasteiger partial charge in [0.25, 0.3) is 0 Å². The van der Waals surface area contributed by atoms with E-state index >= 15 is 0 Å². The maximum Gasteiger partial charge on any atom is 0.134 e. The average molecular weight is 259 g/mol. The SMILES string of the molecule is N#Cc1cccc(CNc2ccc(O)c(Cl)c2)c1. The normalized spacial score (nSPS) is 9.78. The molecule has 0 bridgehead atoms. The van der Waals surface area contributed by atoms with Gasteiger partial charge in [0.2, 0.25) is 0 Å². The Balaban J connectivity index is 2.07. The molecule has 0 amide bonds. The minimum atomic E-state index is 0.0636. The first-order chi connectivity index (χ1) is 8.69. The zero-order valence-corrected chi connectivity index (χ0v) is 10.3. The fourth-order valence-electron chi connectivity index (χ4n) is 1.57. The van der Waals surface area contributed by atoms with Crippen LogP contribution in [-0.2, 0) is 6.54 Å². The minimum Gasteiger partial charge on any atom is -0.506 e. The molecule has 0 radical (unpaired) electrons. The predicted molar refractivity (Wildman–Crippen MR) is 71.6 cm³/mol. The van der Waals surface area contributed by atoms with Gasteiger partial charge in [-0.15, -0.1) is 0 Å². The molecule has 90 valence electrons. The Morgan fingerprint density at radius 2 is 2.06 bits per heavy atom. The third-order valence-corrected chi connectivity index (χ3v) is 2.80. The molecule has 0 spiro atoms. The lowest BCUT2D eigenvalue weighted by Gasteiger charge is -2.07. The maximum absolute atomic E-state index is 9.30. The molecule has 0 aliphatic carbocycles. The standard InChI is InChI=1S/C14H11ClN2O/c15-13-7-12(4-5-14(13)18)17-9-11-3-1-2-10(6-11)8-16/h1-7,17-18H,9H2. The molecule has 2 aromatic carbocycles. The molecular formula is C14H11ClN2O. The van der Waals surface area contributed by atoms with Crippen LogP contribution in [-0.4, -0.2) is 5.11 Å². The average Bonchev–Trinajstić information content (AvgIpc) is 2.40. The summed E-state index contributed by atoms with van der Waals surface area (Å²) in [4.78, 5) is 0. The van der Waals surface area contributed by atoms with Crippen LogP contribution in [0.1, 0.15) is 11.1 Å². The summed E-state index contributed by atoms with van der Waals surface area (Å²) < 4.78 is 0. The van der Waals surface area contributed by atoms with Gasteiger partial charge >= 0.3 is 0 Å². The fraction of sp³-hybridized carbons (Fsp3) is 0.0714. The third-order valence-electron chi connectivity index (χ3n) is 2.50. The number of nitrogens with one attached hydrogen (secondary N) is 1. The van der Waals surface area contributed by atoms with Crippen molar-refractivity contribution in [3.63, 3.8) is 0 Å². The van der Waals surface area contributed by atoms with Gasteiger partial charge in [-0.05, 0) is 35.9 Å². The fourth-order valence-corrected chi connectivity index (χ4v) is 1.75. The summed E-state index contributed by atoms with van der Waals surface area (Å²) in [5.74, 6) is 0.0636. The van der Waals surface area contributed by atoms with Crippen LogP contribution in [0.3, 0.4) is 0 Å². The van der Waals surface area contributed by atoms with E-state index in [4.69, 9.17) is 16.9 Å². The largest absolute Gasteiger partial charge is 0.506 e. The summed E-state index contributed by atoms with van der Waals surface area (Å²) in [7, 11) is 0. The number of anilines is 1. The number of phenols is 1. The van der Waals surface area contributed by atoms with E-state index in [1.165, 1.54) is 6.07 Å². The highest BCUT2D eigenvalue weighted by Gasteiger charge is 2.00. The molecular weight excluding hydrogens is 248 g/mol. The molecule has 18 heavy (non-hydrogen) atoms. The summed E-state index contributed by atoms with van der Waals surface area (Å²) in [5, 5.41) is 21.6. The molecule has 0 saturated heterocycles. The van der Waals surface area contributed by atoms with Gasteiger partial charge in [0.1, 0.15) is 5.75 Å². The number of rotatable bonds is 3. The predicted octanol–water partition coefficient (Wildman–Crippen LogP) is 3.53. The lowest BCUT2D eigenvalue weighted by Crippen LogP contribution is -1.99. The second-order valence-corrected chi connectivity index (χ2v) is 4.24. The van der Waals surface area contributed by atoms with Crippen LogP contribution in [0, 0.1) is 11.3 Å². The quantitative estimate of drug-likeness (QED) is 0.828. The number of phenolic OH excluding ortho intramolecular Hbond substituents is 1. The molecule has 3 nitrogen and oxygen atoms in total. The third kappa shape index (κ3) is 2.93. The van der Waals surface area contributed by atoms with E-state index in [1.807, 2.05) is 18.2 Å². The second kappa shape index (κ2) is 5.44. The van der Waals surface area contributed by atoms with Gasteiger partial charge in [-0.25, -0.2) is 0 Å². The van der Waals surface area contributed by atoms with E-state index in [0.29, 0.717) is 17.1 Å². The highest BCUT2D eigenvalue weighted by atomic mass is 35.5. The van der Waals surface area contributed by atoms with Crippen LogP contribution in [0.25, 0.3) is 0 Å². The molecule has 2 N–H and O–H groups in total. The lowest BCUT2D eigenvalue weighted by atomic mass is 10.1. The monoisotopic (exact) mass is 258 g/mol. The van der Waals surface area contributed by atoms with E-state index in [1.54, 1.807) is 18.2 Å². The Morgan fingerprint density at radius 1 is 1.22 bits per heavy atom. The molecule has 0 saturated carbocycles. The van der Waals surface area contributed by atoms with Crippen LogP contribution in [0.5, 0.6) is 5.75 Å². The second-order valence-electron chi connectivity index (χ2n) is 3.83. The zero-order chi connectivity index (χ0) is 13.0. The molecule has 2 aromatic rings. The Labute approximate surface area is 110 Å². The number of hydrogen-bond acceptors (Lipinski definition) is 3. The molecule has 0 aliphatic heterocycles. The van der Waals surface area contributed by atoms with Gasteiger partial charge in [0.15, 0.2) is 0 Å². The van der Waals surface area contributed by atoms with Crippen molar-refractivity contribution in [3.8, 4) is 11.8 Å². The van der Waals surface area contributed by atoms with Crippen LogP contribution >= 0.6 is 11.6 Å². The Hall–Kier alpha value is -2.18. The van der Waals surface area contributed by atoms with Crippen LogP contribution in [0.15, 0.2) is 42.5 Å². The summed E-state index contributed by atoms with van der Waals surface area (Å²) in [6.07, 6.45) is 0. The number of aromatic hydroxyl groups is 1. The molecule has 0 atom stereocenters. The highest BCUT2D eigenvalue weighted by molar-refractivity contribution is 6.32. The van der Waals surface area contributed by atoms with Gasteiger partial charge < -0.3 is 10.4 Å².